The van der Waals surface area contributed by atoms with E-state index in [4.69, 9.17) is 9.47 Å². The van der Waals surface area contributed by atoms with Crippen LogP contribution in [-0.2, 0) is 0 Å². The molecule has 20 heavy (non-hydrogen) atoms. The van der Waals surface area contributed by atoms with Gasteiger partial charge in [0.1, 0.15) is 11.5 Å². The van der Waals surface area contributed by atoms with Gasteiger partial charge in [0.2, 0.25) is 0 Å². The average Bonchev–Trinajstić information content (AvgIpc) is 2.47. The summed E-state index contributed by atoms with van der Waals surface area (Å²) in [6.45, 7) is 4.37. The Morgan fingerprint density at radius 2 is 2.05 bits per heavy atom. The van der Waals surface area contributed by atoms with E-state index in [0.717, 1.165) is 5.56 Å². The van der Waals surface area contributed by atoms with Crippen LogP contribution in [0.15, 0.2) is 36.7 Å². The van der Waals surface area contributed by atoms with Gasteiger partial charge in [-0.25, -0.2) is 0 Å². The molecule has 0 atom stereocenters. The number of rotatable bonds is 5. The molecule has 0 aliphatic carbocycles. The molecule has 0 radical (unpaired) electrons. The molecule has 0 spiro atoms. The van der Waals surface area contributed by atoms with Crippen LogP contribution in [0.25, 0.3) is 0 Å². The van der Waals surface area contributed by atoms with Crippen LogP contribution in [0.3, 0.4) is 0 Å². The van der Waals surface area contributed by atoms with Crippen LogP contribution >= 0.6 is 0 Å². The van der Waals surface area contributed by atoms with Crippen molar-refractivity contribution < 1.29 is 14.3 Å². The number of benzene rings is 1. The van der Waals surface area contributed by atoms with Crippen LogP contribution in [-0.4, -0.2) is 24.5 Å². The first kappa shape index (κ1) is 14.1. The van der Waals surface area contributed by atoms with E-state index in [1.807, 2.05) is 26.0 Å². The van der Waals surface area contributed by atoms with Crippen LogP contribution in [0.2, 0.25) is 0 Å². The molecule has 1 heterocycles. The van der Waals surface area contributed by atoms with Gasteiger partial charge >= 0.3 is 0 Å². The van der Waals surface area contributed by atoms with Crippen LogP contribution in [0.4, 0.5) is 0 Å². The number of ether oxygens (including phenoxy) is 2. The number of aryl methyl sites for hydroxylation is 1. The molecule has 0 aliphatic heterocycles. The zero-order valence-electron chi connectivity index (χ0n) is 11.8. The van der Waals surface area contributed by atoms with Crippen molar-refractivity contribution in [3.05, 3.63) is 53.3 Å². The van der Waals surface area contributed by atoms with Gasteiger partial charge in [0, 0.05) is 11.8 Å². The molecule has 104 valence electrons. The van der Waals surface area contributed by atoms with Gasteiger partial charge in [-0.05, 0) is 37.6 Å². The van der Waals surface area contributed by atoms with Crippen LogP contribution < -0.4 is 9.47 Å². The Bertz CT molecular complexity index is 623. The molecule has 0 fully saturated rings. The summed E-state index contributed by atoms with van der Waals surface area (Å²) < 4.78 is 10.6. The fraction of sp³-hybridized carbons (Fsp3) is 0.250. The predicted molar refractivity (Wildman–Crippen MR) is 76.6 cm³/mol. The molecule has 4 nitrogen and oxygen atoms in total. The number of ketones is 1. The third-order valence-electron chi connectivity index (χ3n) is 2.89. The van der Waals surface area contributed by atoms with E-state index in [2.05, 4.69) is 4.98 Å². The summed E-state index contributed by atoms with van der Waals surface area (Å²) in [4.78, 5) is 16.6. The minimum atomic E-state index is -0.129. The van der Waals surface area contributed by atoms with Crippen LogP contribution in [0.1, 0.15) is 28.4 Å². The molecule has 0 N–H and O–H groups in total. The number of carbonyl (C=O) groups is 1. The third-order valence-corrected chi connectivity index (χ3v) is 2.89. The molecular weight excluding hydrogens is 254 g/mol. The summed E-state index contributed by atoms with van der Waals surface area (Å²) >= 11 is 0. The van der Waals surface area contributed by atoms with Gasteiger partial charge < -0.3 is 9.47 Å². The number of hydrogen-bond donors (Lipinski definition) is 0. The molecule has 0 bridgehead atoms. The van der Waals surface area contributed by atoms with Crippen molar-refractivity contribution in [3.8, 4) is 11.5 Å². The molecule has 2 aromatic rings. The summed E-state index contributed by atoms with van der Waals surface area (Å²) in [5.41, 5.74) is 2.05. The van der Waals surface area contributed by atoms with Crippen molar-refractivity contribution in [3.63, 3.8) is 0 Å². The monoisotopic (exact) mass is 271 g/mol. The summed E-state index contributed by atoms with van der Waals surface area (Å²) in [5, 5.41) is 0. The lowest BCUT2D eigenvalue weighted by atomic mass is 10.0. The molecule has 0 amide bonds. The van der Waals surface area contributed by atoms with E-state index in [1.54, 1.807) is 25.4 Å². The second-order valence-corrected chi connectivity index (χ2v) is 4.38. The van der Waals surface area contributed by atoms with Crippen molar-refractivity contribution in [1.82, 2.24) is 4.98 Å². The van der Waals surface area contributed by atoms with Crippen LogP contribution in [0.5, 0.6) is 11.5 Å². The van der Waals surface area contributed by atoms with Gasteiger partial charge in [0.25, 0.3) is 0 Å². The average molecular weight is 271 g/mol. The SMILES string of the molecule is CCOc1cncc(C(=O)c2ccc(C)cc2OC)c1. The minimum Gasteiger partial charge on any atom is -0.496 e. The predicted octanol–water partition coefficient (Wildman–Crippen LogP) is 3.03. The van der Waals surface area contributed by atoms with E-state index >= 15 is 0 Å². The molecule has 0 saturated heterocycles. The van der Waals surface area contributed by atoms with Gasteiger partial charge in [0.15, 0.2) is 5.78 Å². The topological polar surface area (TPSA) is 48.4 Å². The van der Waals surface area contributed by atoms with Gasteiger partial charge in [-0.3, -0.25) is 9.78 Å². The quantitative estimate of drug-likeness (QED) is 0.784. The van der Waals surface area contributed by atoms with Crippen molar-refractivity contribution in [2.75, 3.05) is 13.7 Å². The fourth-order valence-corrected chi connectivity index (χ4v) is 1.93. The van der Waals surface area contributed by atoms with Crippen molar-refractivity contribution >= 4 is 5.78 Å². The Hall–Kier alpha value is -2.36. The Morgan fingerprint density at radius 3 is 2.75 bits per heavy atom. The third kappa shape index (κ3) is 2.96. The lowest BCUT2D eigenvalue weighted by Crippen LogP contribution is -2.05. The van der Waals surface area contributed by atoms with E-state index < -0.39 is 0 Å². The zero-order chi connectivity index (χ0) is 14.5. The van der Waals surface area contributed by atoms with Gasteiger partial charge in [-0.2, -0.15) is 0 Å². The van der Waals surface area contributed by atoms with E-state index in [0.29, 0.717) is 29.2 Å². The molecular formula is C16H17NO3. The molecule has 1 aromatic heterocycles. The molecule has 2 rings (SSSR count). The Morgan fingerprint density at radius 1 is 1.25 bits per heavy atom. The molecule has 0 saturated carbocycles. The number of pyridine rings is 1. The summed E-state index contributed by atoms with van der Waals surface area (Å²) in [6.07, 6.45) is 3.12. The van der Waals surface area contributed by atoms with Gasteiger partial charge in [-0.1, -0.05) is 6.07 Å². The number of methoxy groups -OCH3 is 1. The Kier molecular flexibility index (Phi) is 4.35. The van der Waals surface area contributed by atoms with E-state index in [1.165, 1.54) is 6.20 Å². The molecule has 0 aliphatic rings. The lowest BCUT2D eigenvalue weighted by molar-refractivity contribution is 0.103. The number of nitrogens with zero attached hydrogens (tertiary/aromatic N) is 1. The maximum absolute atomic E-state index is 12.5. The largest absolute Gasteiger partial charge is 0.496 e. The first-order valence-electron chi connectivity index (χ1n) is 6.43. The number of hydrogen-bond acceptors (Lipinski definition) is 4. The van der Waals surface area contributed by atoms with Crippen LogP contribution in [0, 0.1) is 6.92 Å². The highest BCUT2D eigenvalue weighted by molar-refractivity contribution is 6.10. The smallest absolute Gasteiger partial charge is 0.198 e. The zero-order valence-corrected chi connectivity index (χ0v) is 11.8. The maximum Gasteiger partial charge on any atom is 0.198 e. The minimum absolute atomic E-state index is 0.129. The summed E-state index contributed by atoms with van der Waals surface area (Å²) in [6, 6.07) is 7.19. The Balaban J connectivity index is 2.38. The molecule has 0 unspecified atom stereocenters. The van der Waals surface area contributed by atoms with Gasteiger partial charge in [0.05, 0.1) is 25.5 Å². The van der Waals surface area contributed by atoms with Crippen molar-refractivity contribution in [1.29, 1.82) is 0 Å². The second-order valence-electron chi connectivity index (χ2n) is 4.38. The van der Waals surface area contributed by atoms with Gasteiger partial charge in [-0.15, -0.1) is 0 Å². The van der Waals surface area contributed by atoms with Crippen molar-refractivity contribution in [2.24, 2.45) is 0 Å². The standard InChI is InChI=1S/C16H17NO3/c1-4-20-13-8-12(9-17-10-13)16(18)14-6-5-11(2)7-15(14)19-3/h5-10H,4H2,1-3H3. The second kappa shape index (κ2) is 6.19. The Labute approximate surface area is 118 Å². The first-order valence-corrected chi connectivity index (χ1v) is 6.43. The highest BCUT2D eigenvalue weighted by Gasteiger charge is 2.15. The lowest BCUT2D eigenvalue weighted by Gasteiger charge is -2.09. The highest BCUT2D eigenvalue weighted by atomic mass is 16.5. The fourth-order valence-electron chi connectivity index (χ4n) is 1.93. The maximum atomic E-state index is 12.5. The normalized spacial score (nSPS) is 10.2. The van der Waals surface area contributed by atoms with E-state index in [-0.39, 0.29) is 5.78 Å². The highest BCUT2D eigenvalue weighted by Crippen LogP contribution is 2.24. The van der Waals surface area contributed by atoms with E-state index in [9.17, 15) is 4.79 Å². The summed E-state index contributed by atoms with van der Waals surface area (Å²) in [5.74, 6) is 1.03. The molecule has 1 aromatic carbocycles. The first-order chi connectivity index (χ1) is 9.65. The van der Waals surface area contributed by atoms with Crippen molar-refractivity contribution in [2.45, 2.75) is 13.8 Å². The molecule has 4 heteroatoms. The summed E-state index contributed by atoms with van der Waals surface area (Å²) in [7, 11) is 1.56. The number of aromatic nitrogens is 1. The number of carbonyl (C=O) groups excluding carboxylic acids is 1.